The standard InChI is InChI=1S/C26H20Cl2F5N5O5/c1-9-36-24(38(37-9)16-6-11(27)2-3-13(16)26(31,32)33)23-21(39)20(22-17(43-23)8-42-22)35-7-12(19(34)25(40)41)10-4-14(29)18(28)15(30)5-10/h2-7,17,20-23,39H,8,34H2,1H3,(H,40,41)/b19-12+,35-7?. The first-order valence-corrected chi connectivity index (χ1v) is 13.1. The highest BCUT2D eigenvalue weighted by Gasteiger charge is 2.53. The average Bonchev–Trinajstić information content (AvgIpc) is 3.29. The maximum absolute atomic E-state index is 14.2. The zero-order chi connectivity index (χ0) is 31.4. The highest BCUT2D eigenvalue weighted by atomic mass is 35.5. The normalized spacial score (nSPS) is 24.4. The van der Waals surface area contributed by atoms with Gasteiger partial charge in [0.05, 0.1) is 17.9 Å². The van der Waals surface area contributed by atoms with Gasteiger partial charge >= 0.3 is 12.1 Å². The van der Waals surface area contributed by atoms with Crippen LogP contribution >= 0.6 is 23.2 Å². The third-order valence-electron chi connectivity index (χ3n) is 6.81. The molecule has 2 fully saturated rings. The third-order valence-corrected chi connectivity index (χ3v) is 7.41. The van der Waals surface area contributed by atoms with Crippen molar-refractivity contribution in [3.05, 3.63) is 80.5 Å². The number of nitrogens with zero attached hydrogens (tertiary/aromatic N) is 4. The van der Waals surface area contributed by atoms with E-state index in [1.807, 2.05) is 0 Å². The summed E-state index contributed by atoms with van der Waals surface area (Å²) in [6, 6.07) is 3.17. The van der Waals surface area contributed by atoms with Gasteiger partial charge in [-0.25, -0.2) is 23.2 Å². The molecule has 43 heavy (non-hydrogen) atoms. The SMILES string of the molecule is Cc1nc(C2OC3COC3C(N=C/C(=C(\N)C(=O)O)c3cc(F)c(Cl)c(F)c3)C2O)n(-c2cc(Cl)ccc2C(F)(F)F)n1. The number of hydrogen-bond donors (Lipinski definition) is 3. The van der Waals surface area contributed by atoms with Crippen molar-refractivity contribution >= 4 is 41.0 Å². The number of hydrogen-bond acceptors (Lipinski definition) is 8. The Labute approximate surface area is 249 Å². The predicted molar refractivity (Wildman–Crippen MR) is 142 cm³/mol. The lowest BCUT2D eigenvalue weighted by atomic mass is 9.89. The zero-order valence-electron chi connectivity index (χ0n) is 21.7. The number of carbonyl (C=O) groups is 1. The van der Waals surface area contributed by atoms with Crippen molar-refractivity contribution in [3.63, 3.8) is 0 Å². The molecule has 4 N–H and O–H groups in total. The maximum atomic E-state index is 14.2. The van der Waals surface area contributed by atoms with Crippen LogP contribution in [0, 0.1) is 18.6 Å². The number of aliphatic hydroxyl groups is 1. The van der Waals surface area contributed by atoms with E-state index in [9.17, 15) is 37.0 Å². The number of aliphatic hydroxyl groups excluding tert-OH is 1. The van der Waals surface area contributed by atoms with Gasteiger partial charge in [-0.2, -0.15) is 18.3 Å². The minimum atomic E-state index is -4.80. The van der Waals surface area contributed by atoms with Gasteiger partial charge in [0.25, 0.3) is 0 Å². The van der Waals surface area contributed by atoms with E-state index in [1.165, 1.54) is 6.92 Å². The van der Waals surface area contributed by atoms with Crippen LogP contribution < -0.4 is 5.73 Å². The van der Waals surface area contributed by atoms with E-state index < -0.39 is 81.8 Å². The Hall–Kier alpha value is -3.63. The first kappa shape index (κ1) is 30.8. The summed E-state index contributed by atoms with van der Waals surface area (Å²) < 4.78 is 82.3. The van der Waals surface area contributed by atoms with E-state index in [-0.39, 0.29) is 28.8 Å². The number of allylic oxidation sites excluding steroid dienone is 1. The average molecular weight is 648 g/mol. The molecule has 2 aromatic carbocycles. The summed E-state index contributed by atoms with van der Waals surface area (Å²) in [4.78, 5) is 20.1. The van der Waals surface area contributed by atoms with Crippen LogP contribution in [0.3, 0.4) is 0 Å². The fourth-order valence-corrected chi connectivity index (χ4v) is 5.02. The lowest BCUT2D eigenvalue weighted by Crippen LogP contribution is -2.62. The Morgan fingerprint density at radius 1 is 1.21 bits per heavy atom. The monoisotopic (exact) mass is 647 g/mol. The number of carboxylic acids is 1. The second-order valence-electron chi connectivity index (χ2n) is 9.63. The van der Waals surface area contributed by atoms with Gasteiger partial charge < -0.3 is 25.4 Å². The molecule has 3 aromatic rings. The van der Waals surface area contributed by atoms with E-state index in [0.29, 0.717) is 0 Å². The molecular weight excluding hydrogens is 628 g/mol. The second-order valence-corrected chi connectivity index (χ2v) is 10.4. The van der Waals surface area contributed by atoms with Gasteiger partial charge in [-0.05, 0) is 42.8 Å². The fraction of sp³-hybridized carbons (Fsp3) is 0.308. The molecule has 0 aliphatic carbocycles. The number of nitrogens with two attached hydrogens (primary N) is 1. The molecule has 0 saturated carbocycles. The van der Waals surface area contributed by atoms with E-state index in [4.69, 9.17) is 38.4 Å². The molecule has 10 nitrogen and oxygen atoms in total. The molecule has 0 radical (unpaired) electrons. The van der Waals surface area contributed by atoms with Gasteiger partial charge in [-0.1, -0.05) is 23.2 Å². The van der Waals surface area contributed by atoms with Crippen molar-refractivity contribution in [1.29, 1.82) is 0 Å². The second kappa shape index (κ2) is 11.5. The maximum Gasteiger partial charge on any atom is 0.418 e. The number of fused-ring (bicyclic) bond motifs is 1. The van der Waals surface area contributed by atoms with E-state index in [2.05, 4.69) is 15.1 Å². The summed E-state index contributed by atoms with van der Waals surface area (Å²) in [6.07, 6.45) is -8.52. The number of benzene rings is 2. The van der Waals surface area contributed by atoms with Crippen LogP contribution in [0.4, 0.5) is 22.0 Å². The molecule has 0 spiro atoms. The van der Waals surface area contributed by atoms with Gasteiger partial charge in [-0.15, -0.1) is 0 Å². The number of carboxylic acid groups (broad SMARTS) is 1. The highest BCUT2D eigenvalue weighted by Crippen LogP contribution is 2.41. The minimum Gasteiger partial charge on any atom is -0.477 e. The Kier molecular flexibility index (Phi) is 8.22. The Morgan fingerprint density at radius 3 is 2.47 bits per heavy atom. The molecule has 1 aromatic heterocycles. The molecule has 228 valence electrons. The van der Waals surface area contributed by atoms with Crippen molar-refractivity contribution in [2.45, 2.75) is 43.6 Å². The van der Waals surface area contributed by atoms with Crippen molar-refractivity contribution < 1.29 is 46.4 Å². The number of halogens is 7. The molecule has 5 unspecified atom stereocenters. The predicted octanol–water partition coefficient (Wildman–Crippen LogP) is 4.27. The first-order chi connectivity index (χ1) is 20.2. The van der Waals surface area contributed by atoms with Crippen LogP contribution in [0.1, 0.15) is 28.9 Å². The van der Waals surface area contributed by atoms with Crippen LogP contribution in [-0.4, -0.2) is 68.1 Å². The van der Waals surface area contributed by atoms with Crippen LogP contribution in [0.5, 0.6) is 0 Å². The van der Waals surface area contributed by atoms with Crippen molar-refractivity contribution in [2.24, 2.45) is 10.7 Å². The molecular formula is C26H20Cl2F5N5O5. The number of rotatable bonds is 6. The number of aromatic nitrogens is 3. The Balaban J connectivity index is 1.56. The fourth-order valence-electron chi connectivity index (χ4n) is 4.75. The molecule has 5 atom stereocenters. The molecule has 3 heterocycles. The highest BCUT2D eigenvalue weighted by molar-refractivity contribution is 6.31. The molecule has 2 aliphatic heterocycles. The largest absolute Gasteiger partial charge is 0.477 e. The number of aliphatic imine (C=N–C) groups is 1. The summed E-state index contributed by atoms with van der Waals surface area (Å²) in [5, 5.41) is 24.1. The van der Waals surface area contributed by atoms with E-state index >= 15 is 0 Å². The summed E-state index contributed by atoms with van der Waals surface area (Å²) in [5.41, 5.74) is 2.59. The smallest absolute Gasteiger partial charge is 0.418 e. The summed E-state index contributed by atoms with van der Waals surface area (Å²) in [6.45, 7) is 1.46. The topological polar surface area (TPSA) is 145 Å². The summed E-state index contributed by atoms with van der Waals surface area (Å²) >= 11 is 11.5. The molecule has 2 aliphatic rings. The van der Waals surface area contributed by atoms with Crippen molar-refractivity contribution in [3.8, 4) is 5.69 Å². The van der Waals surface area contributed by atoms with Crippen molar-refractivity contribution in [2.75, 3.05) is 6.61 Å². The van der Waals surface area contributed by atoms with E-state index in [1.54, 1.807) is 0 Å². The summed E-state index contributed by atoms with van der Waals surface area (Å²) in [5.74, 6) is -4.17. The zero-order valence-corrected chi connectivity index (χ0v) is 23.2. The molecule has 5 rings (SSSR count). The molecule has 17 heteroatoms. The molecule has 0 bridgehead atoms. The van der Waals surface area contributed by atoms with Crippen LogP contribution in [-0.2, 0) is 20.4 Å². The minimum absolute atomic E-state index is 0.0208. The quantitative estimate of drug-likeness (QED) is 0.156. The Morgan fingerprint density at radius 2 is 1.88 bits per heavy atom. The lowest BCUT2D eigenvalue weighted by Gasteiger charge is -2.48. The van der Waals surface area contributed by atoms with Crippen LogP contribution in [0.25, 0.3) is 11.3 Å². The number of alkyl halides is 3. The van der Waals surface area contributed by atoms with Gasteiger partial charge in [-0.3, -0.25) is 4.99 Å². The van der Waals surface area contributed by atoms with E-state index in [0.717, 1.165) is 41.2 Å². The Bertz CT molecular complexity index is 1640. The van der Waals surface area contributed by atoms with Crippen LogP contribution in [0.15, 0.2) is 41.0 Å². The molecule has 2 saturated heterocycles. The van der Waals surface area contributed by atoms with Gasteiger partial charge in [0, 0.05) is 16.8 Å². The third kappa shape index (κ3) is 5.82. The van der Waals surface area contributed by atoms with Crippen LogP contribution in [0.2, 0.25) is 10.0 Å². The lowest BCUT2D eigenvalue weighted by molar-refractivity contribution is -0.273. The number of aliphatic carboxylic acids is 1. The van der Waals surface area contributed by atoms with Gasteiger partial charge in [0.1, 0.15) is 58.6 Å². The van der Waals surface area contributed by atoms with Gasteiger partial charge in [0.2, 0.25) is 0 Å². The first-order valence-electron chi connectivity index (χ1n) is 12.3. The van der Waals surface area contributed by atoms with Crippen molar-refractivity contribution in [1.82, 2.24) is 14.8 Å². The summed E-state index contributed by atoms with van der Waals surface area (Å²) in [7, 11) is 0. The van der Waals surface area contributed by atoms with Gasteiger partial charge in [0.15, 0.2) is 5.82 Å². The number of ether oxygens (including phenoxy) is 2. The molecule has 0 amide bonds. The number of aryl methyl sites for hydroxylation is 1.